The number of hydrogen-bond donors (Lipinski definition) is 0. The average molecular weight is 397 g/mol. The molecule has 6 heteroatoms. The van der Waals surface area contributed by atoms with E-state index in [0.717, 1.165) is 40.2 Å². The fourth-order valence-electron chi connectivity index (χ4n) is 3.93. The highest BCUT2D eigenvalue weighted by Gasteiger charge is 2.16. The minimum absolute atomic E-state index is 0. The molecule has 0 spiro atoms. The molecule has 0 bridgehead atoms. The van der Waals surface area contributed by atoms with Gasteiger partial charge < -0.3 is 9.30 Å². The van der Waals surface area contributed by atoms with Gasteiger partial charge in [0.05, 0.1) is 12.3 Å². The largest absolute Gasteiger partial charge is 0.493 e. The van der Waals surface area contributed by atoms with Gasteiger partial charge in [0.25, 0.3) is 0 Å². The molecule has 1 aliphatic rings. The standard InChI is InChI=1S/C22H24N4O.ClH/c1-15-12-17(8-9-19(15)27-14-16-6-4-3-5-7-16)21-18-10-11-26(2)22(18)25-20(13-23)24-21;/h8-12,16H,3-7,14H2,1-2H3;1H. The maximum Gasteiger partial charge on any atom is 0.234 e. The quantitative estimate of drug-likeness (QED) is 0.608. The summed E-state index contributed by atoms with van der Waals surface area (Å²) in [4.78, 5) is 8.79. The van der Waals surface area contributed by atoms with Crippen LogP contribution in [0, 0.1) is 24.2 Å². The molecule has 1 saturated carbocycles. The van der Waals surface area contributed by atoms with Crippen LogP contribution in [0.15, 0.2) is 30.5 Å². The Morgan fingerprint density at radius 2 is 1.96 bits per heavy atom. The summed E-state index contributed by atoms with van der Waals surface area (Å²) < 4.78 is 8.03. The summed E-state index contributed by atoms with van der Waals surface area (Å²) >= 11 is 0. The van der Waals surface area contributed by atoms with Crippen LogP contribution >= 0.6 is 12.4 Å². The van der Waals surface area contributed by atoms with Crippen molar-refractivity contribution in [3.8, 4) is 23.1 Å². The van der Waals surface area contributed by atoms with E-state index in [1.54, 1.807) is 0 Å². The van der Waals surface area contributed by atoms with Gasteiger partial charge in [-0.2, -0.15) is 5.26 Å². The van der Waals surface area contributed by atoms with E-state index in [0.29, 0.717) is 5.92 Å². The molecular weight excluding hydrogens is 372 g/mol. The van der Waals surface area contributed by atoms with Crippen molar-refractivity contribution >= 4 is 23.4 Å². The maximum atomic E-state index is 9.29. The molecule has 0 aliphatic heterocycles. The second-order valence-corrected chi connectivity index (χ2v) is 7.47. The SMILES string of the molecule is Cc1cc(-c2nc(C#N)nc3c2ccn3C)ccc1OCC1CCCCC1.Cl. The number of ether oxygens (including phenoxy) is 1. The van der Waals surface area contributed by atoms with Crippen molar-refractivity contribution in [3.05, 3.63) is 41.9 Å². The Labute approximate surface area is 171 Å². The highest BCUT2D eigenvalue weighted by molar-refractivity contribution is 5.91. The molecule has 0 amide bonds. The normalized spacial score (nSPS) is 14.5. The van der Waals surface area contributed by atoms with E-state index in [2.05, 4.69) is 29.0 Å². The summed E-state index contributed by atoms with van der Waals surface area (Å²) in [5.74, 6) is 1.81. The van der Waals surface area contributed by atoms with E-state index in [4.69, 9.17) is 4.74 Å². The molecule has 2 aromatic heterocycles. The highest BCUT2D eigenvalue weighted by atomic mass is 35.5. The Bertz CT molecular complexity index is 1020. The van der Waals surface area contributed by atoms with Gasteiger partial charge in [-0.1, -0.05) is 19.3 Å². The van der Waals surface area contributed by atoms with Crippen molar-refractivity contribution in [2.24, 2.45) is 13.0 Å². The maximum absolute atomic E-state index is 9.29. The van der Waals surface area contributed by atoms with Gasteiger partial charge in [-0.15, -0.1) is 12.4 Å². The van der Waals surface area contributed by atoms with Crippen molar-refractivity contribution in [2.45, 2.75) is 39.0 Å². The van der Waals surface area contributed by atoms with Crippen LogP contribution in [0.25, 0.3) is 22.3 Å². The number of rotatable bonds is 4. The Kier molecular flexibility index (Phi) is 6.21. The summed E-state index contributed by atoms with van der Waals surface area (Å²) in [6.07, 6.45) is 8.52. The monoisotopic (exact) mass is 396 g/mol. The van der Waals surface area contributed by atoms with E-state index in [1.165, 1.54) is 32.1 Å². The van der Waals surface area contributed by atoms with Crippen molar-refractivity contribution in [1.82, 2.24) is 14.5 Å². The molecule has 0 unspecified atom stereocenters. The first-order valence-electron chi connectivity index (χ1n) is 9.62. The lowest BCUT2D eigenvalue weighted by molar-refractivity contribution is 0.208. The first-order valence-corrected chi connectivity index (χ1v) is 9.62. The third-order valence-electron chi connectivity index (χ3n) is 5.47. The molecule has 1 aliphatic carbocycles. The summed E-state index contributed by atoms with van der Waals surface area (Å²) in [7, 11) is 1.92. The minimum Gasteiger partial charge on any atom is -0.493 e. The van der Waals surface area contributed by atoms with E-state index in [-0.39, 0.29) is 18.2 Å². The lowest BCUT2D eigenvalue weighted by atomic mass is 9.90. The lowest BCUT2D eigenvalue weighted by Gasteiger charge is -2.22. The molecule has 2 heterocycles. The van der Waals surface area contributed by atoms with Crippen LogP contribution in [0.3, 0.4) is 0 Å². The fraction of sp³-hybridized carbons (Fsp3) is 0.409. The third kappa shape index (κ3) is 3.98. The number of nitrogens with zero attached hydrogens (tertiary/aromatic N) is 4. The van der Waals surface area contributed by atoms with Gasteiger partial charge in [0, 0.05) is 24.2 Å². The first kappa shape index (κ1) is 20.2. The second kappa shape index (κ2) is 8.62. The summed E-state index contributed by atoms with van der Waals surface area (Å²) in [5, 5.41) is 10.2. The van der Waals surface area contributed by atoms with Gasteiger partial charge >= 0.3 is 0 Å². The molecule has 0 saturated heterocycles. The molecule has 1 fully saturated rings. The predicted molar refractivity (Wildman–Crippen MR) is 113 cm³/mol. The van der Waals surface area contributed by atoms with E-state index in [1.807, 2.05) is 36.0 Å². The van der Waals surface area contributed by atoms with E-state index < -0.39 is 0 Å². The number of aryl methyl sites for hydroxylation is 2. The zero-order valence-electron chi connectivity index (χ0n) is 16.3. The Balaban J connectivity index is 0.00000225. The number of nitriles is 1. The fourth-order valence-corrected chi connectivity index (χ4v) is 3.93. The molecule has 5 nitrogen and oxygen atoms in total. The van der Waals surface area contributed by atoms with Crippen molar-refractivity contribution < 1.29 is 4.74 Å². The van der Waals surface area contributed by atoms with Crippen LogP contribution in [0.5, 0.6) is 5.75 Å². The average Bonchev–Trinajstić information content (AvgIpc) is 3.08. The summed E-state index contributed by atoms with van der Waals surface area (Å²) in [5.41, 5.74) is 3.63. The number of hydrogen-bond acceptors (Lipinski definition) is 4. The third-order valence-corrected chi connectivity index (χ3v) is 5.47. The smallest absolute Gasteiger partial charge is 0.234 e. The van der Waals surface area contributed by atoms with Crippen LogP contribution in [0.2, 0.25) is 0 Å². The number of halogens is 1. The molecule has 3 aromatic rings. The van der Waals surface area contributed by atoms with Gasteiger partial charge in [0.15, 0.2) is 0 Å². The van der Waals surface area contributed by atoms with Gasteiger partial charge in [0.1, 0.15) is 17.5 Å². The Morgan fingerprint density at radius 3 is 2.68 bits per heavy atom. The van der Waals surface area contributed by atoms with Crippen molar-refractivity contribution in [2.75, 3.05) is 6.61 Å². The molecule has 0 radical (unpaired) electrons. The lowest BCUT2D eigenvalue weighted by Crippen LogP contribution is -2.15. The topological polar surface area (TPSA) is 63.7 Å². The van der Waals surface area contributed by atoms with Gasteiger partial charge in [-0.3, -0.25) is 0 Å². The number of fused-ring (bicyclic) bond motifs is 1. The predicted octanol–water partition coefficient (Wildman–Crippen LogP) is 5.20. The van der Waals surface area contributed by atoms with Crippen LogP contribution < -0.4 is 4.74 Å². The van der Waals surface area contributed by atoms with Crippen LogP contribution in [0.1, 0.15) is 43.5 Å². The molecule has 1 aromatic carbocycles. The molecule has 0 N–H and O–H groups in total. The van der Waals surface area contributed by atoms with Crippen molar-refractivity contribution in [3.63, 3.8) is 0 Å². The minimum atomic E-state index is 0. The Hall–Kier alpha value is -2.58. The van der Waals surface area contributed by atoms with Crippen LogP contribution in [0.4, 0.5) is 0 Å². The highest BCUT2D eigenvalue weighted by Crippen LogP contribution is 2.31. The van der Waals surface area contributed by atoms with Crippen molar-refractivity contribution in [1.29, 1.82) is 5.26 Å². The molecule has 0 atom stereocenters. The van der Waals surface area contributed by atoms with Crippen LogP contribution in [-0.4, -0.2) is 21.1 Å². The second-order valence-electron chi connectivity index (χ2n) is 7.47. The molecule has 4 rings (SSSR count). The van der Waals surface area contributed by atoms with Crippen LogP contribution in [-0.2, 0) is 7.05 Å². The molecule has 146 valence electrons. The summed E-state index contributed by atoms with van der Waals surface area (Å²) in [6.45, 7) is 2.86. The van der Waals surface area contributed by atoms with Gasteiger partial charge in [-0.25, -0.2) is 9.97 Å². The first-order chi connectivity index (χ1) is 13.2. The molecular formula is C22H25ClN4O. The van der Waals surface area contributed by atoms with Gasteiger partial charge in [0.2, 0.25) is 5.82 Å². The zero-order valence-corrected chi connectivity index (χ0v) is 17.1. The van der Waals surface area contributed by atoms with E-state index >= 15 is 0 Å². The number of benzene rings is 1. The van der Waals surface area contributed by atoms with E-state index in [9.17, 15) is 5.26 Å². The molecule has 28 heavy (non-hydrogen) atoms. The van der Waals surface area contributed by atoms with Gasteiger partial charge in [-0.05, 0) is 55.5 Å². The zero-order chi connectivity index (χ0) is 18.8. The number of aromatic nitrogens is 3. The summed E-state index contributed by atoms with van der Waals surface area (Å²) in [6, 6.07) is 10.2. The Morgan fingerprint density at radius 1 is 1.18 bits per heavy atom.